The maximum Gasteiger partial charge on any atom is 0.252 e. The highest BCUT2D eigenvalue weighted by Crippen LogP contribution is 2.28. The highest BCUT2D eigenvalue weighted by molar-refractivity contribution is 7.91. The van der Waals surface area contributed by atoms with Gasteiger partial charge < -0.3 is 10.6 Å². The van der Waals surface area contributed by atoms with E-state index in [-0.39, 0.29) is 24.4 Å². The van der Waals surface area contributed by atoms with E-state index in [1.165, 1.54) is 15.6 Å². The van der Waals surface area contributed by atoms with Crippen LogP contribution in [0.15, 0.2) is 16.3 Å². The molecule has 6 nitrogen and oxygen atoms in total. The monoisotopic (exact) mass is 371 g/mol. The van der Waals surface area contributed by atoms with Crippen molar-refractivity contribution in [2.45, 2.75) is 42.9 Å². The Morgan fingerprint density at radius 3 is 2.83 bits per heavy atom. The number of nitrogens with zero attached hydrogens (tertiary/aromatic N) is 1. The molecule has 24 heavy (non-hydrogen) atoms. The van der Waals surface area contributed by atoms with Gasteiger partial charge in [-0.25, -0.2) is 8.42 Å². The van der Waals surface area contributed by atoms with Gasteiger partial charge in [0.05, 0.1) is 5.92 Å². The van der Waals surface area contributed by atoms with Crippen LogP contribution in [-0.2, 0) is 14.8 Å². The Bertz CT molecular complexity index is 680. The van der Waals surface area contributed by atoms with Crippen LogP contribution in [0, 0.1) is 12.8 Å². The number of aryl methyl sites for hydroxylation is 1. The molecule has 0 aromatic carbocycles. The molecular formula is C16H25N3O3S2. The molecular weight excluding hydrogens is 346 g/mol. The molecule has 0 spiro atoms. The molecule has 1 unspecified atom stereocenters. The summed E-state index contributed by atoms with van der Waals surface area (Å²) < 4.78 is 27.4. The predicted octanol–water partition coefficient (Wildman–Crippen LogP) is 1.33. The summed E-state index contributed by atoms with van der Waals surface area (Å²) in [5.74, 6) is -0.262. The standard InChI is InChI=1S/C16H25N3O3S2/c1-12-6-7-15(23-12)24(21,22)19-9-3-4-13(11-19)16(20)18-14-5-2-8-17-10-14/h6-7,13-14,17H,2-5,8-11H2,1H3,(H,18,20)/t13?,14-/m0/s1. The molecule has 2 aliphatic rings. The van der Waals surface area contributed by atoms with Crippen LogP contribution in [0.5, 0.6) is 0 Å². The molecule has 2 N–H and O–H groups in total. The molecule has 2 fully saturated rings. The van der Waals surface area contributed by atoms with Crippen LogP contribution in [-0.4, -0.2) is 50.9 Å². The van der Waals surface area contributed by atoms with E-state index in [9.17, 15) is 13.2 Å². The van der Waals surface area contributed by atoms with Crippen LogP contribution in [0.2, 0.25) is 0 Å². The molecule has 0 saturated carbocycles. The smallest absolute Gasteiger partial charge is 0.252 e. The minimum atomic E-state index is -3.48. The van der Waals surface area contributed by atoms with Crippen molar-refractivity contribution >= 4 is 27.3 Å². The molecule has 1 aromatic heterocycles. The maximum absolute atomic E-state index is 12.8. The molecule has 1 amide bonds. The lowest BCUT2D eigenvalue weighted by Crippen LogP contribution is -2.51. The van der Waals surface area contributed by atoms with Crippen LogP contribution in [0.4, 0.5) is 0 Å². The molecule has 2 aliphatic heterocycles. The van der Waals surface area contributed by atoms with Gasteiger partial charge in [-0.1, -0.05) is 0 Å². The molecule has 134 valence electrons. The molecule has 3 rings (SSSR count). The van der Waals surface area contributed by atoms with Gasteiger partial charge >= 0.3 is 0 Å². The number of thiophene rings is 1. The minimum absolute atomic E-state index is 0.00837. The molecule has 3 heterocycles. The lowest BCUT2D eigenvalue weighted by molar-refractivity contribution is -0.126. The number of sulfonamides is 1. The Morgan fingerprint density at radius 2 is 2.17 bits per heavy atom. The van der Waals surface area contributed by atoms with Gasteiger partial charge in [-0.15, -0.1) is 11.3 Å². The molecule has 2 atom stereocenters. The minimum Gasteiger partial charge on any atom is -0.352 e. The normalized spacial score (nSPS) is 26.2. The third-order valence-electron chi connectivity index (χ3n) is 4.71. The van der Waals surface area contributed by atoms with E-state index in [1.807, 2.05) is 13.0 Å². The summed E-state index contributed by atoms with van der Waals surface area (Å²) in [5, 5.41) is 6.36. The van der Waals surface area contributed by atoms with E-state index in [4.69, 9.17) is 0 Å². The van der Waals surface area contributed by atoms with Crippen molar-refractivity contribution < 1.29 is 13.2 Å². The molecule has 8 heteroatoms. The van der Waals surface area contributed by atoms with Crippen molar-refractivity contribution in [2.24, 2.45) is 5.92 Å². The van der Waals surface area contributed by atoms with Crippen molar-refractivity contribution in [1.82, 2.24) is 14.9 Å². The average Bonchev–Trinajstić information content (AvgIpc) is 3.03. The van der Waals surface area contributed by atoms with Gasteiger partial charge in [0.15, 0.2) is 0 Å². The van der Waals surface area contributed by atoms with E-state index in [2.05, 4.69) is 10.6 Å². The van der Waals surface area contributed by atoms with E-state index in [1.54, 1.807) is 6.07 Å². The van der Waals surface area contributed by atoms with Gasteiger partial charge in [0, 0.05) is 30.6 Å². The number of piperidine rings is 2. The Morgan fingerprint density at radius 1 is 1.33 bits per heavy atom. The van der Waals surface area contributed by atoms with Gasteiger partial charge in [0.25, 0.3) is 10.0 Å². The third-order valence-corrected chi connectivity index (χ3v) is 8.04. The highest BCUT2D eigenvalue weighted by atomic mass is 32.2. The van der Waals surface area contributed by atoms with Gasteiger partial charge in [-0.3, -0.25) is 4.79 Å². The Hall–Kier alpha value is -0.960. The van der Waals surface area contributed by atoms with Crippen molar-refractivity contribution in [3.8, 4) is 0 Å². The summed E-state index contributed by atoms with van der Waals surface area (Å²) in [6.07, 6.45) is 3.53. The summed E-state index contributed by atoms with van der Waals surface area (Å²) in [6.45, 7) is 4.48. The molecule has 2 saturated heterocycles. The van der Waals surface area contributed by atoms with Gasteiger partial charge in [-0.2, -0.15) is 4.31 Å². The van der Waals surface area contributed by atoms with Crippen LogP contribution in [0.3, 0.4) is 0 Å². The van der Waals surface area contributed by atoms with Crippen LogP contribution < -0.4 is 10.6 Å². The SMILES string of the molecule is Cc1ccc(S(=O)(=O)N2CCCC(C(=O)N[C@H]3CCCNC3)C2)s1. The number of hydrogen-bond acceptors (Lipinski definition) is 5. The van der Waals surface area contributed by atoms with Crippen molar-refractivity contribution in [3.63, 3.8) is 0 Å². The van der Waals surface area contributed by atoms with Crippen LogP contribution in [0.1, 0.15) is 30.6 Å². The first-order chi connectivity index (χ1) is 11.5. The lowest BCUT2D eigenvalue weighted by Gasteiger charge is -2.32. The summed E-state index contributed by atoms with van der Waals surface area (Å²) in [7, 11) is -3.48. The maximum atomic E-state index is 12.8. The number of amides is 1. The van der Waals surface area contributed by atoms with Crippen LogP contribution >= 0.6 is 11.3 Å². The first-order valence-corrected chi connectivity index (χ1v) is 10.8. The fraction of sp³-hybridized carbons (Fsp3) is 0.688. The first kappa shape index (κ1) is 17.8. The van der Waals surface area contributed by atoms with Crippen molar-refractivity contribution in [2.75, 3.05) is 26.2 Å². The number of hydrogen-bond donors (Lipinski definition) is 2. The molecule has 0 bridgehead atoms. The lowest BCUT2D eigenvalue weighted by atomic mass is 9.97. The first-order valence-electron chi connectivity index (χ1n) is 8.54. The quantitative estimate of drug-likeness (QED) is 0.837. The summed E-state index contributed by atoms with van der Waals surface area (Å²) in [4.78, 5) is 13.5. The number of nitrogens with one attached hydrogen (secondary N) is 2. The number of carbonyl (C=O) groups excluding carboxylic acids is 1. The molecule has 0 radical (unpaired) electrons. The Balaban J connectivity index is 1.64. The number of carbonyl (C=O) groups is 1. The van der Waals surface area contributed by atoms with Gasteiger partial charge in [-0.05, 0) is 51.3 Å². The largest absolute Gasteiger partial charge is 0.352 e. The molecule has 0 aliphatic carbocycles. The van der Waals surface area contributed by atoms with E-state index in [0.29, 0.717) is 10.8 Å². The second kappa shape index (κ2) is 7.51. The topological polar surface area (TPSA) is 78.5 Å². The van der Waals surface area contributed by atoms with Gasteiger partial charge in [0.1, 0.15) is 4.21 Å². The Kier molecular flexibility index (Phi) is 5.59. The average molecular weight is 372 g/mol. The highest BCUT2D eigenvalue weighted by Gasteiger charge is 2.34. The van der Waals surface area contributed by atoms with E-state index >= 15 is 0 Å². The second-order valence-electron chi connectivity index (χ2n) is 6.62. The zero-order valence-electron chi connectivity index (χ0n) is 14.0. The van der Waals surface area contributed by atoms with E-state index in [0.717, 1.165) is 43.6 Å². The van der Waals surface area contributed by atoms with Crippen molar-refractivity contribution in [1.29, 1.82) is 0 Å². The van der Waals surface area contributed by atoms with E-state index < -0.39 is 10.0 Å². The predicted molar refractivity (Wildman–Crippen MR) is 94.6 cm³/mol. The zero-order chi connectivity index (χ0) is 17.2. The molecule has 1 aromatic rings. The number of rotatable bonds is 4. The Labute approximate surface area is 147 Å². The van der Waals surface area contributed by atoms with Gasteiger partial charge in [0.2, 0.25) is 5.91 Å². The summed E-state index contributed by atoms with van der Waals surface area (Å²) in [6, 6.07) is 3.65. The fourth-order valence-electron chi connectivity index (χ4n) is 3.35. The summed E-state index contributed by atoms with van der Waals surface area (Å²) in [5.41, 5.74) is 0. The third kappa shape index (κ3) is 3.99. The van der Waals surface area contributed by atoms with Crippen LogP contribution in [0.25, 0.3) is 0 Å². The summed E-state index contributed by atoms with van der Waals surface area (Å²) >= 11 is 1.29. The second-order valence-corrected chi connectivity index (χ2v) is 10.1. The zero-order valence-corrected chi connectivity index (χ0v) is 15.6. The van der Waals surface area contributed by atoms with Crippen molar-refractivity contribution in [3.05, 3.63) is 17.0 Å². The fourth-order valence-corrected chi connectivity index (χ4v) is 6.31.